The van der Waals surface area contributed by atoms with E-state index in [0.29, 0.717) is 5.69 Å². The average molecular weight is 454 g/mol. The quantitative estimate of drug-likeness (QED) is 0.416. The van der Waals surface area contributed by atoms with Gasteiger partial charge in [0.25, 0.3) is 5.91 Å². The van der Waals surface area contributed by atoms with Crippen LogP contribution in [-0.2, 0) is 0 Å². The first kappa shape index (κ1) is 19.5. The normalized spacial score (nSPS) is 15.9. The smallest absolute Gasteiger partial charge is 0.262 e. The summed E-state index contributed by atoms with van der Waals surface area (Å²) in [5, 5.41) is 22.5. The zero-order chi connectivity index (χ0) is 21.7. The number of para-hydroxylation sites is 1. The third-order valence-corrected chi connectivity index (χ3v) is 6.95. The van der Waals surface area contributed by atoms with Crippen molar-refractivity contribution in [2.45, 2.75) is 6.17 Å². The van der Waals surface area contributed by atoms with Crippen molar-refractivity contribution in [2.24, 2.45) is 0 Å². The van der Waals surface area contributed by atoms with Gasteiger partial charge in [0.15, 0.2) is 11.5 Å². The lowest BCUT2D eigenvalue weighted by Gasteiger charge is -2.43. The second-order valence-corrected chi connectivity index (χ2v) is 8.88. The molecule has 1 atom stereocenters. The van der Waals surface area contributed by atoms with E-state index in [0.717, 1.165) is 15.4 Å². The summed E-state index contributed by atoms with van der Waals surface area (Å²) < 4.78 is 14.0. The van der Waals surface area contributed by atoms with Crippen molar-refractivity contribution in [1.82, 2.24) is 4.98 Å². The highest BCUT2D eigenvalue weighted by Crippen LogP contribution is 2.47. The van der Waals surface area contributed by atoms with E-state index in [1.807, 2.05) is 29.5 Å². The van der Waals surface area contributed by atoms with Gasteiger partial charge in [-0.05, 0) is 42.5 Å². The first-order chi connectivity index (χ1) is 15.0. The van der Waals surface area contributed by atoms with Gasteiger partial charge in [-0.25, -0.2) is 9.37 Å². The molecule has 0 aliphatic carbocycles. The number of carbonyl (C=O) groups excluding carboxylic acids is 1. The van der Waals surface area contributed by atoms with E-state index in [2.05, 4.69) is 4.98 Å². The highest BCUT2D eigenvalue weighted by Gasteiger charge is 2.40. The van der Waals surface area contributed by atoms with Gasteiger partial charge in [-0.2, -0.15) is 0 Å². The third-order valence-electron chi connectivity index (χ3n) is 5.22. The Morgan fingerprint density at radius 3 is 2.71 bits per heavy atom. The van der Waals surface area contributed by atoms with E-state index in [1.54, 1.807) is 23.7 Å². The number of aromatic hydroxyl groups is 2. The number of benzene rings is 2. The fourth-order valence-corrected chi connectivity index (χ4v) is 5.51. The van der Waals surface area contributed by atoms with Gasteiger partial charge in [0.1, 0.15) is 12.0 Å². The number of phenolic OH excluding ortho intramolecular Hbond substituents is 2. The van der Waals surface area contributed by atoms with E-state index in [1.165, 1.54) is 45.8 Å². The van der Waals surface area contributed by atoms with Gasteiger partial charge in [-0.3, -0.25) is 9.69 Å². The van der Waals surface area contributed by atoms with Gasteiger partial charge in [0, 0.05) is 17.3 Å². The largest absolute Gasteiger partial charge is 0.504 e. The zero-order valence-corrected chi connectivity index (χ0v) is 17.8. The fourth-order valence-electron chi connectivity index (χ4n) is 3.77. The van der Waals surface area contributed by atoms with Crippen LogP contribution in [0.15, 0.2) is 59.4 Å². The monoisotopic (exact) mass is 453 g/mol. The number of hydrogen-bond acceptors (Lipinski definition) is 7. The Hall–Kier alpha value is -3.43. The number of rotatable bonds is 3. The average Bonchev–Trinajstić information content (AvgIpc) is 3.44. The van der Waals surface area contributed by atoms with Crippen molar-refractivity contribution in [2.75, 3.05) is 16.8 Å². The first-order valence-electron chi connectivity index (χ1n) is 9.31. The summed E-state index contributed by atoms with van der Waals surface area (Å²) in [7, 11) is 1.81. The Bertz CT molecular complexity index is 1290. The lowest BCUT2D eigenvalue weighted by atomic mass is 10.0. The molecule has 2 N–H and O–H groups in total. The lowest BCUT2D eigenvalue weighted by molar-refractivity contribution is 0.0968. The molecule has 0 fully saturated rings. The van der Waals surface area contributed by atoms with E-state index >= 15 is 0 Å². The van der Waals surface area contributed by atoms with Crippen LogP contribution in [0.3, 0.4) is 0 Å². The lowest BCUT2D eigenvalue weighted by Crippen LogP contribution is -2.48. The molecule has 1 aliphatic heterocycles. The Morgan fingerprint density at radius 2 is 1.94 bits per heavy atom. The number of halogens is 1. The summed E-state index contributed by atoms with van der Waals surface area (Å²) in [6.07, 6.45) is -0.615. The van der Waals surface area contributed by atoms with Crippen LogP contribution in [0.4, 0.5) is 15.8 Å². The Morgan fingerprint density at radius 1 is 1.10 bits per heavy atom. The molecule has 1 aliphatic rings. The standard InChI is InChI=1S/C22H16FN3O3S2/c1-25-15-6-5-12(23)9-13(15)22(29)26(16-3-2-4-17(27)20(16)28)21(25)19-8-7-18(31-19)14-10-30-11-24-14/h2-11,21,27-28H,1H3. The molecule has 1 amide bonds. The molecule has 9 heteroatoms. The van der Waals surface area contributed by atoms with E-state index in [9.17, 15) is 19.4 Å². The second kappa shape index (κ2) is 7.36. The molecule has 6 nitrogen and oxygen atoms in total. The minimum atomic E-state index is -0.615. The number of thiophene rings is 1. The summed E-state index contributed by atoms with van der Waals surface area (Å²) in [5.74, 6) is -1.75. The predicted molar refractivity (Wildman–Crippen MR) is 120 cm³/mol. The molecule has 4 aromatic rings. The highest BCUT2D eigenvalue weighted by atomic mass is 32.1. The van der Waals surface area contributed by atoms with Crippen LogP contribution >= 0.6 is 22.7 Å². The SMILES string of the molecule is CN1c2ccc(F)cc2C(=O)N(c2cccc(O)c2O)C1c1ccc(-c2cscn2)s1. The Kier molecular flexibility index (Phi) is 4.64. The van der Waals surface area contributed by atoms with E-state index < -0.39 is 23.6 Å². The predicted octanol–water partition coefficient (Wildman–Crippen LogP) is 5.22. The van der Waals surface area contributed by atoms with Crippen molar-refractivity contribution in [3.05, 3.63) is 75.7 Å². The van der Waals surface area contributed by atoms with Crippen molar-refractivity contribution in [3.63, 3.8) is 0 Å². The van der Waals surface area contributed by atoms with Crippen molar-refractivity contribution in [1.29, 1.82) is 0 Å². The van der Waals surface area contributed by atoms with Crippen LogP contribution in [0.25, 0.3) is 10.6 Å². The number of hydrogen-bond donors (Lipinski definition) is 2. The van der Waals surface area contributed by atoms with Crippen LogP contribution in [0.5, 0.6) is 11.5 Å². The number of anilines is 2. The summed E-state index contributed by atoms with van der Waals surface area (Å²) >= 11 is 2.98. The maximum absolute atomic E-state index is 14.0. The number of phenols is 2. The minimum Gasteiger partial charge on any atom is -0.504 e. The van der Waals surface area contributed by atoms with Crippen LogP contribution in [0.2, 0.25) is 0 Å². The molecular formula is C22H16FN3O3S2. The molecule has 31 heavy (non-hydrogen) atoms. The van der Waals surface area contributed by atoms with Crippen molar-refractivity contribution < 1.29 is 19.4 Å². The summed E-state index contributed by atoms with van der Waals surface area (Å²) in [6, 6.07) is 12.4. The van der Waals surface area contributed by atoms with Gasteiger partial charge < -0.3 is 15.1 Å². The molecule has 0 bridgehead atoms. The summed E-state index contributed by atoms with van der Waals surface area (Å²) in [6.45, 7) is 0. The number of amides is 1. The maximum Gasteiger partial charge on any atom is 0.262 e. The highest BCUT2D eigenvalue weighted by molar-refractivity contribution is 7.16. The van der Waals surface area contributed by atoms with Crippen LogP contribution in [0.1, 0.15) is 21.4 Å². The molecule has 3 heterocycles. The van der Waals surface area contributed by atoms with Crippen LogP contribution in [-0.4, -0.2) is 28.2 Å². The topological polar surface area (TPSA) is 76.9 Å². The molecular weight excluding hydrogens is 437 g/mol. The second-order valence-electron chi connectivity index (χ2n) is 7.04. The number of fused-ring (bicyclic) bond motifs is 1. The molecule has 0 saturated heterocycles. The molecule has 0 spiro atoms. The molecule has 5 rings (SSSR count). The minimum absolute atomic E-state index is 0.139. The van der Waals surface area contributed by atoms with Crippen molar-refractivity contribution in [3.8, 4) is 22.1 Å². The summed E-state index contributed by atoms with van der Waals surface area (Å²) in [5.41, 5.74) is 3.50. The molecule has 0 radical (unpaired) electrons. The number of carbonyl (C=O) groups is 1. The number of nitrogens with zero attached hydrogens (tertiary/aromatic N) is 3. The maximum atomic E-state index is 14.0. The van der Waals surface area contributed by atoms with Crippen LogP contribution in [0, 0.1) is 5.82 Å². The molecule has 1 unspecified atom stereocenters. The zero-order valence-electron chi connectivity index (χ0n) is 16.2. The van der Waals surface area contributed by atoms with E-state index in [-0.39, 0.29) is 17.0 Å². The molecule has 0 saturated carbocycles. The van der Waals surface area contributed by atoms with Gasteiger partial charge in [-0.1, -0.05) is 6.07 Å². The number of aromatic nitrogens is 1. The van der Waals surface area contributed by atoms with Gasteiger partial charge in [-0.15, -0.1) is 22.7 Å². The number of thiazole rings is 1. The van der Waals surface area contributed by atoms with Gasteiger partial charge in [0.2, 0.25) is 0 Å². The van der Waals surface area contributed by atoms with Crippen LogP contribution < -0.4 is 9.80 Å². The molecule has 156 valence electrons. The van der Waals surface area contributed by atoms with Gasteiger partial charge in [0.05, 0.1) is 33.0 Å². The Balaban J connectivity index is 1.70. The van der Waals surface area contributed by atoms with Gasteiger partial charge >= 0.3 is 0 Å². The fraction of sp³-hybridized carbons (Fsp3) is 0.0909. The molecule has 2 aromatic carbocycles. The molecule has 2 aromatic heterocycles. The van der Waals surface area contributed by atoms with Crippen molar-refractivity contribution >= 4 is 40.0 Å². The third kappa shape index (κ3) is 3.13. The van der Waals surface area contributed by atoms with E-state index in [4.69, 9.17) is 0 Å². The Labute approximate surface area is 185 Å². The first-order valence-corrected chi connectivity index (χ1v) is 11.1. The summed E-state index contributed by atoms with van der Waals surface area (Å²) in [4.78, 5) is 22.9.